The fourth-order valence-corrected chi connectivity index (χ4v) is 3.79. The number of carbonyl (C=O) groups excluding carboxylic acids is 2. The lowest BCUT2D eigenvalue weighted by atomic mass is 10.1. The van der Waals surface area contributed by atoms with Crippen LogP contribution in [0.1, 0.15) is 37.1 Å². The van der Waals surface area contributed by atoms with Crippen LogP contribution in [0.5, 0.6) is 0 Å². The van der Waals surface area contributed by atoms with Crippen molar-refractivity contribution in [3.05, 3.63) is 47.2 Å². The van der Waals surface area contributed by atoms with Gasteiger partial charge in [0.05, 0.1) is 19.8 Å². The average molecular weight is 453 g/mol. The number of hydrogen-bond acceptors (Lipinski definition) is 6. The lowest BCUT2D eigenvalue weighted by Gasteiger charge is -2.33. The lowest BCUT2D eigenvalue weighted by Crippen LogP contribution is -2.46. The molecule has 8 nitrogen and oxygen atoms in total. The van der Waals surface area contributed by atoms with E-state index in [1.165, 1.54) is 16.2 Å². The summed E-state index contributed by atoms with van der Waals surface area (Å²) in [4.78, 5) is 41.0. The molecule has 0 aliphatic carbocycles. The van der Waals surface area contributed by atoms with Gasteiger partial charge in [0.25, 0.3) is 5.91 Å². The molecule has 2 amide bonds. The molecule has 31 heavy (non-hydrogen) atoms. The Morgan fingerprint density at radius 3 is 2.58 bits per heavy atom. The molecule has 0 saturated heterocycles. The Labute approximate surface area is 187 Å². The Bertz CT molecular complexity index is 720. The number of carbonyl (C=O) groups is 3. The molecule has 0 fully saturated rings. The molecule has 1 heterocycles. The van der Waals surface area contributed by atoms with E-state index in [2.05, 4.69) is 13.5 Å². The van der Waals surface area contributed by atoms with Gasteiger partial charge >= 0.3 is 5.97 Å². The third kappa shape index (κ3) is 9.46. The summed E-state index contributed by atoms with van der Waals surface area (Å²) in [5.74, 6) is -2.11. The van der Waals surface area contributed by atoms with E-state index in [0.29, 0.717) is 18.0 Å². The molecule has 0 saturated carbocycles. The molecule has 0 spiro atoms. The van der Waals surface area contributed by atoms with Crippen molar-refractivity contribution in [1.82, 2.24) is 9.80 Å². The van der Waals surface area contributed by atoms with E-state index in [1.807, 2.05) is 5.38 Å². The summed E-state index contributed by atoms with van der Waals surface area (Å²) in [6, 6.07) is 2.67. The maximum Gasteiger partial charge on any atom is 0.328 e. The third-order valence-electron chi connectivity index (χ3n) is 4.41. The van der Waals surface area contributed by atoms with Gasteiger partial charge in [-0.15, -0.1) is 17.9 Å². The Morgan fingerprint density at radius 1 is 1.23 bits per heavy atom. The van der Waals surface area contributed by atoms with Crippen molar-refractivity contribution in [1.29, 1.82) is 0 Å². The fraction of sp³-hybridized carbons (Fsp3) is 0.500. The number of amides is 2. The molecular formula is C22H32N2O6S. The van der Waals surface area contributed by atoms with Crippen molar-refractivity contribution >= 4 is 29.1 Å². The molecule has 9 heteroatoms. The minimum absolute atomic E-state index is 0.0635. The second kappa shape index (κ2) is 15.3. The summed E-state index contributed by atoms with van der Waals surface area (Å²) in [5, 5.41) is 19.6. The highest BCUT2D eigenvalue weighted by Crippen LogP contribution is 2.28. The number of aliphatic carboxylic acids is 1. The predicted molar refractivity (Wildman–Crippen MR) is 120 cm³/mol. The van der Waals surface area contributed by atoms with Gasteiger partial charge in [-0.05, 0) is 17.9 Å². The van der Waals surface area contributed by atoms with Gasteiger partial charge < -0.3 is 24.7 Å². The number of thiophene rings is 1. The average Bonchev–Trinajstić information content (AvgIpc) is 3.27. The fourth-order valence-electron chi connectivity index (χ4n) is 2.96. The van der Waals surface area contributed by atoms with E-state index in [1.54, 1.807) is 23.1 Å². The molecule has 1 aromatic heterocycles. The number of aliphatic hydroxyl groups excluding tert-OH is 1. The topological polar surface area (TPSA) is 107 Å². The molecule has 0 aromatic carbocycles. The molecule has 172 valence electrons. The second-order valence-corrected chi connectivity index (χ2v) is 7.72. The van der Waals surface area contributed by atoms with E-state index in [4.69, 9.17) is 14.9 Å². The van der Waals surface area contributed by atoms with E-state index in [-0.39, 0.29) is 32.3 Å². The van der Waals surface area contributed by atoms with Gasteiger partial charge in [0.15, 0.2) is 0 Å². The number of nitrogens with zero attached hydrogens (tertiary/aromatic N) is 2. The van der Waals surface area contributed by atoms with E-state index < -0.39 is 17.9 Å². The standard InChI is InChI=1S/C22H32N2O6S/c1-3-5-6-12-23(11-4-2)22(29)21(18-8-7-17-31-18)24(13-15-30-16-14-25)19(26)9-10-20(27)28/h4,7-10,17,21,25H,2-3,5-6,11-16H2,1H3,(H,27,28)/b10-9-. The Hall–Kier alpha value is -2.49. The van der Waals surface area contributed by atoms with E-state index in [9.17, 15) is 14.4 Å². The van der Waals surface area contributed by atoms with Crippen LogP contribution < -0.4 is 0 Å². The quantitative estimate of drug-likeness (QED) is 0.227. The van der Waals surface area contributed by atoms with Crippen LogP contribution in [0.3, 0.4) is 0 Å². The number of rotatable bonds is 16. The first-order valence-electron chi connectivity index (χ1n) is 10.3. The first kappa shape index (κ1) is 26.5. The van der Waals surface area contributed by atoms with Crippen LogP contribution in [0.15, 0.2) is 42.3 Å². The Balaban J connectivity index is 3.24. The first-order valence-corrected chi connectivity index (χ1v) is 11.2. The van der Waals surface area contributed by atoms with Crippen LogP contribution in [0.2, 0.25) is 0 Å². The molecule has 0 aliphatic heterocycles. The van der Waals surface area contributed by atoms with Crippen molar-refractivity contribution in [2.45, 2.75) is 32.2 Å². The Morgan fingerprint density at radius 2 is 2.00 bits per heavy atom. The molecule has 0 radical (unpaired) electrons. The highest BCUT2D eigenvalue weighted by Gasteiger charge is 2.34. The summed E-state index contributed by atoms with van der Waals surface area (Å²) in [7, 11) is 0. The maximum absolute atomic E-state index is 13.6. The molecule has 1 atom stereocenters. The molecule has 1 aromatic rings. The molecule has 0 aliphatic rings. The third-order valence-corrected chi connectivity index (χ3v) is 5.34. The van der Waals surface area contributed by atoms with Crippen LogP contribution >= 0.6 is 11.3 Å². The summed E-state index contributed by atoms with van der Waals surface area (Å²) in [5.41, 5.74) is 0. The van der Waals surface area contributed by atoms with Crippen molar-refractivity contribution in [3.8, 4) is 0 Å². The monoisotopic (exact) mass is 452 g/mol. The minimum Gasteiger partial charge on any atom is -0.478 e. The predicted octanol–water partition coefficient (Wildman–Crippen LogP) is 2.47. The van der Waals surface area contributed by atoms with Gasteiger partial charge in [-0.25, -0.2) is 4.79 Å². The van der Waals surface area contributed by atoms with Crippen molar-refractivity contribution in [2.24, 2.45) is 0 Å². The van der Waals surface area contributed by atoms with Crippen molar-refractivity contribution < 1.29 is 29.3 Å². The summed E-state index contributed by atoms with van der Waals surface area (Å²) in [6.07, 6.45) is 6.16. The zero-order valence-corrected chi connectivity index (χ0v) is 18.8. The number of aliphatic hydroxyl groups is 1. The number of unbranched alkanes of at least 4 members (excludes halogenated alkanes) is 2. The van der Waals surface area contributed by atoms with Crippen molar-refractivity contribution in [2.75, 3.05) is 39.5 Å². The van der Waals surface area contributed by atoms with Crippen LogP contribution in [0.25, 0.3) is 0 Å². The number of carboxylic acid groups (broad SMARTS) is 1. The van der Waals surface area contributed by atoms with Crippen LogP contribution in [0.4, 0.5) is 0 Å². The molecule has 2 N–H and O–H groups in total. The van der Waals surface area contributed by atoms with Crippen molar-refractivity contribution in [3.63, 3.8) is 0 Å². The zero-order chi connectivity index (χ0) is 23.1. The van der Waals surface area contributed by atoms with Gasteiger partial charge in [0.1, 0.15) is 6.04 Å². The van der Waals surface area contributed by atoms with Crippen LogP contribution in [0, 0.1) is 0 Å². The molecule has 1 rings (SSSR count). The molecule has 1 unspecified atom stereocenters. The first-order chi connectivity index (χ1) is 15.0. The van der Waals surface area contributed by atoms with Gasteiger partial charge in [-0.3, -0.25) is 9.59 Å². The summed E-state index contributed by atoms with van der Waals surface area (Å²) < 4.78 is 5.30. The number of ether oxygens (including phenoxy) is 1. The summed E-state index contributed by atoms with van der Waals surface area (Å²) in [6.45, 7) is 6.80. The highest BCUT2D eigenvalue weighted by atomic mass is 32.1. The van der Waals surface area contributed by atoms with Gasteiger partial charge in [-0.1, -0.05) is 31.9 Å². The second-order valence-electron chi connectivity index (χ2n) is 6.74. The van der Waals surface area contributed by atoms with E-state index >= 15 is 0 Å². The molecular weight excluding hydrogens is 420 g/mol. The SMILES string of the molecule is C=CCN(CCCCC)C(=O)C(c1cccs1)N(CCOCCO)C(=O)/C=C\C(=O)O. The maximum atomic E-state index is 13.6. The number of hydrogen-bond donors (Lipinski definition) is 2. The zero-order valence-electron chi connectivity index (χ0n) is 17.9. The lowest BCUT2D eigenvalue weighted by molar-refractivity contribution is -0.144. The normalized spacial score (nSPS) is 11.9. The summed E-state index contributed by atoms with van der Waals surface area (Å²) >= 11 is 1.35. The smallest absolute Gasteiger partial charge is 0.328 e. The largest absolute Gasteiger partial charge is 0.478 e. The molecule has 0 bridgehead atoms. The highest BCUT2D eigenvalue weighted by molar-refractivity contribution is 7.10. The number of carboxylic acids is 1. The van der Waals surface area contributed by atoms with E-state index in [0.717, 1.165) is 31.4 Å². The van der Waals surface area contributed by atoms with Gasteiger partial charge in [0.2, 0.25) is 5.91 Å². The minimum atomic E-state index is -1.25. The van der Waals surface area contributed by atoms with Crippen LogP contribution in [-0.2, 0) is 19.1 Å². The van der Waals surface area contributed by atoms with Gasteiger partial charge in [-0.2, -0.15) is 0 Å². The Kier molecular flexibility index (Phi) is 13.1. The van der Waals surface area contributed by atoms with Gasteiger partial charge in [0, 0.05) is 36.7 Å². The van der Waals surface area contributed by atoms with Crippen LogP contribution in [-0.4, -0.2) is 77.3 Å².